The number of ether oxygens (including phenoxy) is 1. The SMILES string of the molecule is C=CC(C)(C)C1C(C#N)=C(N)Oc2ccc(Br)cc21. The van der Waals surface area contributed by atoms with Crippen LogP contribution in [-0.4, -0.2) is 0 Å². The molecule has 0 aliphatic carbocycles. The van der Waals surface area contributed by atoms with Crippen LogP contribution in [0.25, 0.3) is 0 Å². The topological polar surface area (TPSA) is 59.0 Å². The van der Waals surface area contributed by atoms with Gasteiger partial charge in [-0.25, -0.2) is 0 Å². The molecule has 1 unspecified atom stereocenters. The van der Waals surface area contributed by atoms with E-state index in [1.807, 2.05) is 38.1 Å². The van der Waals surface area contributed by atoms with Crippen LogP contribution in [0, 0.1) is 16.7 Å². The van der Waals surface area contributed by atoms with Gasteiger partial charge in [-0.1, -0.05) is 35.9 Å². The van der Waals surface area contributed by atoms with Gasteiger partial charge in [-0.05, 0) is 23.6 Å². The molecule has 0 fully saturated rings. The number of benzene rings is 1. The van der Waals surface area contributed by atoms with Gasteiger partial charge in [-0.3, -0.25) is 0 Å². The Morgan fingerprint density at radius 3 is 2.79 bits per heavy atom. The third-order valence-corrected chi connectivity index (χ3v) is 3.94. The maximum Gasteiger partial charge on any atom is 0.205 e. The van der Waals surface area contributed by atoms with Crippen LogP contribution < -0.4 is 10.5 Å². The lowest BCUT2D eigenvalue weighted by Gasteiger charge is -2.35. The quantitative estimate of drug-likeness (QED) is 0.843. The summed E-state index contributed by atoms with van der Waals surface area (Å²) in [4.78, 5) is 0. The highest BCUT2D eigenvalue weighted by Gasteiger charge is 2.38. The molecule has 0 bridgehead atoms. The minimum absolute atomic E-state index is 0.156. The van der Waals surface area contributed by atoms with Crippen LogP contribution in [0.1, 0.15) is 25.3 Å². The van der Waals surface area contributed by atoms with Crippen LogP contribution in [0.4, 0.5) is 0 Å². The van der Waals surface area contributed by atoms with Crippen molar-refractivity contribution in [1.82, 2.24) is 0 Å². The van der Waals surface area contributed by atoms with Crippen LogP contribution in [0.2, 0.25) is 0 Å². The zero-order chi connectivity index (χ0) is 14.2. The summed E-state index contributed by atoms with van der Waals surface area (Å²) in [5.41, 5.74) is 6.98. The molecule has 0 aromatic heterocycles. The largest absolute Gasteiger partial charge is 0.440 e. The first-order chi connectivity index (χ1) is 8.90. The second-order valence-corrected chi connectivity index (χ2v) is 6.05. The Morgan fingerprint density at radius 2 is 2.21 bits per heavy atom. The fourth-order valence-corrected chi connectivity index (χ4v) is 2.70. The summed E-state index contributed by atoms with van der Waals surface area (Å²) < 4.78 is 6.48. The highest BCUT2D eigenvalue weighted by Crippen LogP contribution is 2.48. The average Bonchev–Trinajstić information content (AvgIpc) is 2.37. The summed E-state index contributed by atoms with van der Waals surface area (Å²) in [7, 11) is 0. The maximum absolute atomic E-state index is 9.37. The normalized spacial score (nSPS) is 18.3. The van der Waals surface area contributed by atoms with Crippen molar-refractivity contribution >= 4 is 15.9 Å². The van der Waals surface area contributed by atoms with Gasteiger partial charge in [0, 0.05) is 16.0 Å². The molecule has 0 radical (unpaired) electrons. The summed E-state index contributed by atoms with van der Waals surface area (Å²) in [6.07, 6.45) is 1.85. The van der Waals surface area contributed by atoms with E-state index in [4.69, 9.17) is 10.5 Å². The van der Waals surface area contributed by atoms with Gasteiger partial charge in [-0.15, -0.1) is 6.58 Å². The number of halogens is 1. The zero-order valence-corrected chi connectivity index (χ0v) is 12.5. The van der Waals surface area contributed by atoms with Gasteiger partial charge >= 0.3 is 0 Å². The van der Waals surface area contributed by atoms with Crippen molar-refractivity contribution in [2.24, 2.45) is 11.1 Å². The second kappa shape index (κ2) is 4.75. The number of nitrogens with two attached hydrogens (primary N) is 1. The molecule has 1 aliphatic heterocycles. The molecule has 0 saturated heterocycles. The van der Waals surface area contributed by atoms with Gasteiger partial charge in [0.05, 0.1) is 5.57 Å². The van der Waals surface area contributed by atoms with Gasteiger partial charge in [0.2, 0.25) is 5.88 Å². The van der Waals surface area contributed by atoms with Gasteiger partial charge in [0.25, 0.3) is 0 Å². The van der Waals surface area contributed by atoms with Crippen LogP contribution in [0.3, 0.4) is 0 Å². The van der Waals surface area contributed by atoms with Crippen molar-refractivity contribution in [2.45, 2.75) is 19.8 Å². The van der Waals surface area contributed by atoms with E-state index in [0.717, 1.165) is 10.0 Å². The lowest BCUT2D eigenvalue weighted by atomic mass is 9.70. The fraction of sp³-hybridized carbons (Fsp3) is 0.267. The van der Waals surface area contributed by atoms with E-state index in [9.17, 15) is 5.26 Å². The lowest BCUT2D eigenvalue weighted by molar-refractivity contribution is 0.337. The molecule has 98 valence electrons. The van der Waals surface area contributed by atoms with E-state index in [1.54, 1.807) is 0 Å². The Balaban J connectivity index is 2.70. The summed E-state index contributed by atoms with van der Waals surface area (Å²) in [5, 5.41) is 9.37. The van der Waals surface area contributed by atoms with Crippen LogP contribution >= 0.6 is 15.9 Å². The third-order valence-electron chi connectivity index (χ3n) is 3.45. The van der Waals surface area contributed by atoms with E-state index in [1.165, 1.54) is 0 Å². The molecular formula is C15H15BrN2O. The number of hydrogen-bond donors (Lipinski definition) is 1. The molecule has 0 saturated carbocycles. The Kier molecular flexibility index (Phi) is 3.42. The minimum atomic E-state index is -0.297. The summed E-state index contributed by atoms with van der Waals surface area (Å²) in [6, 6.07) is 7.88. The van der Waals surface area contributed by atoms with Crippen molar-refractivity contribution in [2.75, 3.05) is 0 Å². The van der Waals surface area contributed by atoms with Crippen LogP contribution in [0.5, 0.6) is 5.75 Å². The first-order valence-corrected chi connectivity index (χ1v) is 6.70. The molecule has 19 heavy (non-hydrogen) atoms. The standard InChI is InChI=1S/C15H15BrN2O/c1-4-15(2,3)13-10-7-9(16)5-6-12(10)19-14(18)11(13)8-17/h4-7,13H,1,18H2,2-3H3. The van der Waals surface area contributed by atoms with Gasteiger partial charge in [-0.2, -0.15) is 5.26 Å². The Labute approximate surface area is 121 Å². The Bertz CT molecular complexity index is 611. The Hall–Kier alpha value is -1.73. The van der Waals surface area contributed by atoms with Crippen molar-refractivity contribution < 1.29 is 4.74 Å². The van der Waals surface area contributed by atoms with Gasteiger partial charge < -0.3 is 10.5 Å². The van der Waals surface area contributed by atoms with Crippen molar-refractivity contribution in [3.63, 3.8) is 0 Å². The van der Waals surface area contributed by atoms with E-state index in [0.29, 0.717) is 11.3 Å². The number of fused-ring (bicyclic) bond motifs is 1. The minimum Gasteiger partial charge on any atom is -0.440 e. The lowest BCUT2D eigenvalue weighted by Crippen LogP contribution is -2.28. The molecular weight excluding hydrogens is 304 g/mol. The molecule has 2 rings (SSSR count). The smallest absolute Gasteiger partial charge is 0.205 e. The summed E-state index contributed by atoms with van der Waals surface area (Å²) >= 11 is 3.45. The monoisotopic (exact) mass is 318 g/mol. The summed E-state index contributed by atoms with van der Waals surface area (Å²) in [5.74, 6) is 0.716. The molecule has 0 spiro atoms. The second-order valence-electron chi connectivity index (χ2n) is 5.13. The van der Waals surface area contributed by atoms with E-state index >= 15 is 0 Å². The van der Waals surface area contributed by atoms with Crippen molar-refractivity contribution in [3.05, 3.63) is 52.3 Å². The number of rotatable bonds is 2. The Morgan fingerprint density at radius 1 is 1.53 bits per heavy atom. The maximum atomic E-state index is 9.37. The molecule has 3 nitrogen and oxygen atoms in total. The number of hydrogen-bond acceptors (Lipinski definition) is 3. The molecule has 1 aromatic rings. The molecule has 2 N–H and O–H groups in total. The van der Waals surface area contributed by atoms with E-state index in [2.05, 4.69) is 28.6 Å². The van der Waals surface area contributed by atoms with Crippen molar-refractivity contribution in [3.8, 4) is 11.8 Å². The molecule has 0 amide bonds. The molecule has 1 aliphatic rings. The highest BCUT2D eigenvalue weighted by atomic mass is 79.9. The predicted octanol–water partition coefficient (Wildman–Crippen LogP) is 3.83. The molecule has 1 atom stereocenters. The third kappa shape index (κ3) is 2.26. The van der Waals surface area contributed by atoms with Gasteiger partial charge in [0.1, 0.15) is 11.8 Å². The fourth-order valence-electron chi connectivity index (χ4n) is 2.32. The van der Waals surface area contributed by atoms with Crippen molar-refractivity contribution in [1.29, 1.82) is 5.26 Å². The van der Waals surface area contributed by atoms with Crippen LogP contribution in [-0.2, 0) is 0 Å². The summed E-state index contributed by atoms with van der Waals surface area (Å²) in [6.45, 7) is 7.94. The number of nitrogens with zero attached hydrogens (tertiary/aromatic N) is 1. The predicted molar refractivity (Wildman–Crippen MR) is 78.3 cm³/mol. The number of nitriles is 1. The number of allylic oxidation sites excluding steroid dienone is 2. The zero-order valence-electron chi connectivity index (χ0n) is 10.9. The average molecular weight is 319 g/mol. The molecule has 4 heteroatoms. The molecule has 1 aromatic carbocycles. The first-order valence-electron chi connectivity index (χ1n) is 5.91. The molecule has 1 heterocycles. The first kappa shape index (κ1) is 13.7. The van der Waals surface area contributed by atoms with E-state index in [-0.39, 0.29) is 17.2 Å². The van der Waals surface area contributed by atoms with Gasteiger partial charge in [0.15, 0.2) is 0 Å². The van der Waals surface area contributed by atoms with E-state index < -0.39 is 0 Å². The highest BCUT2D eigenvalue weighted by molar-refractivity contribution is 9.10. The van der Waals surface area contributed by atoms with Crippen LogP contribution in [0.15, 0.2) is 46.8 Å².